The molecule has 5 heteroatoms. The Kier molecular flexibility index (Phi) is 6.19. The molecule has 0 bridgehead atoms. The van der Waals surface area contributed by atoms with Gasteiger partial charge in [0, 0.05) is 31.3 Å². The van der Waals surface area contributed by atoms with E-state index in [1.807, 2.05) is 11.8 Å². The maximum atomic E-state index is 13.8. The van der Waals surface area contributed by atoms with Gasteiger partial charge in [0.25, 0.3) is 0 Å². The Balaban J connectivity index is 2.14. The molecule has 23 heavy (non-hydrogen) atoms. The lowest BCUT2D eigenvalue weighted by atomic mass is 10.1. The summed E-state index contributed by atoms with van der Waals surface area (Å²) < 4.78 is 39.8. The van der Waals surface area contributed by atoms with Gasteiger partial charge >= 0.3 is 0 Å². The van der Waals surface area contributed by atoms with Crippen LogP contribution in [0.2, 0.25) is 0 Å². The van der Waals surface area contributed by atoms with E-state index in [4.69, 9.17) is 0 Å². The molecular weight excluding hydrogens is 303 g/mol. The molecule has 0 aliphatic carbocycles. The summed E-state index contributed by atoms with van der Waals surface area (Å²) in [5, 5.41) is 9.89. The summed E-state index contributed by atoms with van der Waals surface area (Å²) in [5.74, 6) is -1.55. The number of aliphatic hydroxyl groups is 1. The van der Waals surface area contributed by atoms with Gasteiger partial charge in [-0.25, -0.2) is 13.2 Å². The number of rotatable bonds is 7. The highest BCUT2D eigenvalue weighted by Gasteiger charge is 2.14. The number of benzene rings is 2. The van der Waals surface area contributed by atoms with Gasteiger partial charge in [-0.15, -0.1) is 0 Å². The summed E-state index contributed by atoms with van der Waals surface area (Å²) in [5.41, 5.74) is 1.22. The molecule has 0 fully saturated rings. The Morgan fingerprint density at radius 1 is 0.957 bits per heavy atom. The molecule has 0 radical (unpaired) electrons. The van der Waals surface area contributed by atoms with Crippen LogP contribution in [0.3, 0.4) is 0 Å². The molecule has 0 aliphatic rings. The molecule has 0 aromatic heterocycles. The van der Waals surface area contributed by atoms with E-state index >= 15 is 0 Å². The molecule has 0 aliphatic heterocycles. The Morgan fingerprint density at radius 3 is 2.22 bits per heavy atom. The third kappa shape index (κ3) is 5.37. The highest BCUT2D eigenvalue weighted by atomic mass is 19.1. The van der Waals surface area contributed by atoms with E-state index in [0.29, 0.717) is 25.1 Å². The van der Waals surface area contributed by atoms with Gasteiger partial charge in [0.15, 0.2) is 0 Å². The zero-order valence-electron chi connectivity index (χ0n) is 13.0. The van der Waals surface area contributed by atoms with Crippen molar-refractivity contribution in [1.82, 2.24) is 4.90 Å². The first-order valence-electron chi connectivity index (χ1n) is 7.56. The zero-order valence-corrected chi connectivity index (χ0v) is 13.0. The minimum Gasteiger partial charge on any atom is -0.392 e. The van der Waals surface area contributed by atoms with Crippen molar-refractivity contribution < 1.29 is 18.3 Å². The SMILES string of the molecule is CC[C@H](O)CN(Cc1ccc(F)cc1)Cc1ccc(F)cc1F. The van der Waals surface area contributed by atoms with Crippen LogP contribution in [0.1, 0.15) is 24.5 Å². The van der Waals surface area contributed by atoms with E-state index < -0.39 is 17.7 Å². The van der Waals surface area contributed by atoms with Crippen LogP contribution < -0.4 is 0 Å². The maximum absolute atomic E-state index is 13.8. The van der Waals surface area contributed by atoms with E-state index in [-0.39, 0.29) is 12.4 Å². The number of hydrogen-bond donors (Lipinski definition) is 1. The van der Waals surface area contributed by atoms with Crippen LogP contribution in [0.5, 0.6) is 0 Å². The topological polar surface area (TPSA) is 23.5 Å². The van der Waals surface area contributed by atoms with Gasteiger partial charge in [-0.1, -0.05) is 25.1 Å². The van der Waals surface area contributed by atoms with Gasteiger partial charge in [-0.2, -0.15) is 0 Å². The molecule has 2 nitrogen and oxygen atoms in total. The second-order valence-corrected chi connectivity index (χ2v) is 5.59. The fraction of sp³-hybridized carbons (Fsp3) is 0.333. The van der Waals surface area contributed by atoms with Gasteiger partial charge < -0.3 is 5.11 Å². The van der Waals surface area contributed by atoms with Crippen molar-refractivity contribution in [3.8, 4) is 0 Å². The van der Waals surface area contributed by atoms with Crippen LogP contribution >= 0.6 is 0 Å². The number of hydrogen-bond acceptors (Lipinski definition) is 2. The lowest BCUT2D eigenvalue weighted by Gasteiger charge is -2.25. The van der Waals surface area contributed by atoms with E-state index in [1.165, 1.54) is 24.3 Å². The van der Waals surface area contributed by atoms with Gasteiger partial charge in [-0.05, 0) is 30.2 Å². The Bertz CT molecular complexity index is 631. The summed E-state index contributed by atoms with van der Waals surface area (Å²) in [6.07, 6.45) is 0.0326. The standard InChI is InChI=1S/C18H20F3NO/c1-2-17(23)12-22(10-13-3-6-15(19)7-4-13)11-14-5-8-16(20)9-18(14)21/h3-9,17,23H,2,10-12H2,1H3/t17-/m0/s1. The summed E-state index contributed by atoms with van der Waals surface area (Å²) in [7, 11) is 0. The smallest absolute Gasteiger partial charge is 0.130 e. The lowest BCUT2D eigenvalue weighted by molar-refractivity contribution is 0.101. The predicted octanol–water partition coefficient (Wildman–Crippen LogP) is 3.88. The number of halogens is 3. The first-order chi connectivity index (χ1) is 11.0. The van der Waals surface area contributed by atoms with Crippen LogP contribution in [0, 0.1) is 17.5 Å². The molecular formula is C18H20F3NO. The summed E-state index contributed by atoms with van der Waals surface area (Å²) in [4.78, 5) is 1.86. The van der Waals surface area contributed by atoms with Gasteiger partial charge in [-0.3, -0.25) is 4.90 Å². The molecule has 0 spiro atoms. The van der Waals surface area contributed by atoms with Gasteiger partial charge in [0.1, 0.15) is 17.5 Å². The highest BCUT2D eigenvalue weighted by molar-refractivity contribution is 5.20. The third-order valence-corrected chi connectivity index (χ3v) is 3.67. The minimum atomic E-state index is -0.620. The lowest BCUT2D eigenvalue weighted by Crippen LogP contribution is -2.31. The van der Waals surface area contributed by atoms with Crippen molar-refractivity contribution in [2.75, 3.05) is 6.54 Å². The molecule has 1 N–H and O–H groups in total. The van der Waals surface area contributed by atoms with Crippen LogP contribution in [-0.4, -0.2) is 22.7 Å². The minimum absolute atomic E-state index is 0.237. The summed E-state index contributed by atoms with van der Waals surface area (Å²) in [6, 6.07) is 9.50. The average Bonchev–Trinajstić information content (AvgIpc) is 2.52. The first kappa shape index (κ1) is 17.5. The van der Waals surface area contributed by atoms with E-state index in [9.17, 15) is 18.3 Å². The molecule has 0 unspecified atom stereocenters. The molecule has 124 valence electrons. The second kappa shape index (κ2) is 8.13. The van der Waals surface area contributed by atoms with Crippen molar-refractivity contribution in [1.29, 1.82) is 0 Å². The molecule has 1 atom stereocenters. The maximum Gasteiger partial charge on any atom is 0.130 e. The molecule has 2 rings (SSSR count). The first-order valence-corrected chi connectivity index (χ1v) is 7.56. The molecule has 0 heterocycles. The largest absolute Gasteiger partial charge is 0.392 e. The quantitative estimate of drug-likeness (QED) is 0.836. The van der Waals surface area contributed by atoms with Crippen molar-refractivity contribution >= 4 is 0 Å². The van der Waals surface area contributed by atoms with Crippen molar-refractivity contribution in [3.05, 3.63) is 71.0 Å². The molecule has 0 amide bonds. The van der Waals surface area contributed by atoms with Gasteiger partial charge in [0.2, 0.25) is 0 Å². The van der Waals surface area contributed by atoms with Crippen LogP contribution in [0.4, 0.5) is 13.2 Å². The van der Waals surface area contributed by atoms with Crippen molar-refractivity contribution in [2.24, 2.45) is 0 Å². The molecule has 2 aromatic rings. The average molecular weight is 323 g/mol. The van der Waals surface area contributed by atoms with E-state index in [2.05, 4.69) is 0 Å². The fourth-order valence-corrected chi connectivity index (χ4v) is 2.35. The third-order valence-electron chi connectivity index (χ3n) is 3.67. The highest BCUT2D eigenvalue weighted by Crippen LogP contribution is 2.15. The Hall–Kier alpha value is -1.85. The predicted molar refractivity (Wildman–Crippen MR) is 83.2 cm³/mol. The second-order valence-electron chi connectivity index (χ2n) is 5.59. The van der Waals surface area contributed by atoms with E-state index in [0.717, 1.165) is 11.6 Å². The van der Waals surface area contributed by atoms with Crippen molar-refractivity contribution in [2.45, 2.75) is 32.5 Å². The fourth-order valence-electron chi connectivity index (χ4n) is 2.35. The number of aliphatic hydroxyl groups excluding tert-OH is 1. The molecule has 0 saturated heterocycles. The van der Waals surface area contributed by atoms with Crippen molar-refractivity contribution in [3.63, 3.8) is 0 Å². The van der Waals surface area contributed by atoms with E-state index in [1.54, 1.807) is 12.1 Å². The molecule has 2 aromatic carbocycles. The van der Waals surface area contributed by atoms with Crippen LogP contribution in [0.25, 0.3) is 0 Å². The zero-order chi connectivity index (χ0) is 16.8. The summed E-state index contributed by atoms with van der Waals surface area (Å²) in [6.45, 7) is 2.89. The monoisotopic (exact) mass is 323 g/mol. The Labute approximate surface area is 134 Å². The molecule has 0 saturated carbocycles. The Morgan fingerprint density at radius 2 is 1.61 bits per heavy atom. The van der Waals surface area contributed by atoms with Gasteiger partial charge in [0.05, 0.1) is 6.10 Å². The van der Waals surface area contributed by atoms with Crippen LogP contribution in [-0.2, 0) is 13.1 Å². The normalized spacial score (nSPS) is 12.6. The van der Waals surface area contributed by atoms with Crippen LogP contribution in [0.15, 0.2) is 42.5 Å². The number of nitrogens with zero attached hydrogens (tertiary/aromatic N) is 1. The summed E-state index contributed by atoms with van der Waals surface area (Å²) >= 11 is 0.